The van der Waals surface area contributed by atoms with Crippen molar-refractivity contribution in [1.82, 2.24) is 10.2 Å². The summed E-state index contributed by atoms with van der Waals surface area (Å²) in [6.07, 6.45) is 1.07. The molecule has 0 bridgehead atoms. The zero-order valence-corrected chi connectivity index (χ0v) is 15.9. The Kier molecular flexibility index (Phi) is 6.12. The molecule has 3 rings (SSSR count). The number of ether oxygens (including phenoxy) is 1. The Morgan fingerprint density at radius 3 is 2.44 bits per heavy atom. The molecule has 1 N–H and O–H groups in total. The maximum absolute atomic E-state index is 12.4. The highest BCUT2D eigenvalue weighted by Crippen LogP contribution is 2.19. The van der Waals surface area contributed by atoms with Crippen LogP contribution in [-0.4, -0.2) is 36.9 Å². The largest absolute Gasteiger partial charge is 0.497 e. The summed E-state index contributed by atoms with van der Waals surface area (Å²) in [6.45, 7) is 3.66. The lowest BCUT2D eigenvalue weighted by Crippen LogP contribution is -2.33. The zero-order chi connectivity index (χ0) is 19.2. The third kappa shape index (κ3) is 5.09. The molecule has 1 fully saturated rings. The van der Waals surface area contributed by atoms with Crippen molar-refractivity contribution in [3.05, 3.63) is 65.2 Å². The minimum Gasteiger partial charge on any atom is -0.497 e. The fourth-order valence-corrected chi connectivity index (χ4v) is 3.26. The van der Waals surface area contributed by atoms with E-state index in [2.05, 4.69) is 5.32 Å². The normalized spacial score (nSPS) is 16.4. The summed E-state index contributed by atoms with van der Waals surface area (Å²) in [7, 11) is 1.64. The Morgan fingerprint density at radius 2 is 1.78 bits per heavy atom. The SMILES string of the molecule is COc1ccc(CCN2CC(C(=O)NCc3ccc(C)cc3)CC2=O)cc1. The number of nitrogens with zero attached hydrogens (tertiary/aromatic N) is 1. The van der Waals surface area contributed by atoms with E-state index in [4.69, 9.17) is 4.74 Å². The molecule has 0 spiro atoms. The van der Waals surface area contributed by atoms with Gasteiger partial charge in [-0.3, -0.25) is 9.59 Å². The Balaban J connectivity index is 1.47. The van der Waals surface area contributed by atoms with E-state index in [9.17, 15) is 9.59 Å². The second kappa shape index (κ2) is 8.71. The van der Waals surface area contributed by atoms with Crippen LogP contribution in [0.3, 0.4) is 0 Å². The standard InChI is InChI=1S/C22H26N2O3/c1-16-3-5-18(6-4-16)14-23-22(26)19-13-21(25)24(15-19)12-11-17-7-9-20(27-2)10-8-17/h3-10,19H,11-15H2,1-2H3,(H,23,26). The molecule has 27 heavy (non-hydrogen) atoms. The summed E-state index contributed by atoms with van der Waals surface area (Å²) < 4.78 is 5.16. The molecule has 5 nitrogen and oxygen atoms in total. The number of hydrogen-bond acceptors (Lipinski definition) is 3. The van der Waals surface area contributed by atoms with Crippen LogP contribution >= 0.6 is 0 Å². The molecule has 0 radical (unpaired) electrons. The molecule has 0 aliphatic carbocycles. The first-order valence-electron chi connectivity index (χ1n) is 9.29. The molecule has 0 saturated carbocycles. The molecular weight excluding hydrogens is 340 g/mol. The predicted molar refractivity (Wildman–Crippen MR) is 104 cm³/mol. The molecule has 1 aliphatic heterocycles. The Morgan fingerprint density at radius 1 is 1.11 bits per heavy atom. The van der Waals surface area contributed by atoms with E-state index in [0.29, 0.717) is 26.1 Å². The lowest BCUT2D eigenvalue weighted by atomic mass is 10.1. The first-order chi connectivity index (χ1) is 13.0. The van der Waals surface area contributed by atoms with E-state index in [1.54, 1.807) is 12.0 Å². The molecule has 5 heteroatoms. The van der Waals surface area contributed by atoms with E-state index < -0.39 is 0 Å². The number of hydrogen-bond donors (Lipinski definition) is 1. The quantitative estimate of drug-likeness (QED) is 0.820. The number of rotatable bonds is 7. The first kappa shape index (κ1) is 19.0. The van der Waals surface area contributed by atoms with Crippen molar-refractivity contribution in [2.45, 2.75) is 26.3 Å². The number of aryl methyl sites for hydroxylation is 1. The number of carbonyl (C=O) groups is 2. The number of methoxy groups -OCH3 is 1. The smallest absolute Gasteiger partial charge is 0.225 e. The van der Waals surface area contributed by atoms with Gasteiger partial charge in [0.2, 0.25) is 11.8 Å². The third-order valence-electron chi connectivity index (χ3n) is 5.00. The third-order valence-corrected chi connectivity index (χ3v) is 5.00. The topological polar surface area (TPSA) is 58.6 Å². The van der Waals surface area contributed by atoms with Gasteiger partial charge >= 0.3 is 0 Å². The minimum atomic E-state index is -0.265. The maximum Gasteiger partial charge on any atom is 0.225 e. The lowest BCUT2D eigenvalue weighted by molar-refractivity contribution is -0.129. The summed E-state index contributed by atoms with van der Waals surface area (Å²) >= 11 is 0. The monoisotopic (exact) mass is 366 g/mol. The van der Waals surface area contributed by atoms with Crippen molar-refractivity contribution < 1.29 is 14.3 Å². The molecule has 2 amide bonds. The highest BCUT2D eigenvalue weighted by Gasteiger charge is 2.33. The molecular formula is C22H26N2O3. The molecule has 2 aromatic carbocycles. The van der Waals surface area contributed by atoms with Gasteiger partial charge in [-0.25, -0.2) is 0 Å². The highest BCUT2D eigenvalue weighted by molar-refractivity contribution is 5.89. The number of carbonyl (C=O) groups excluding carboxylic acids is 2. The summed E-state index contributed by atoms with van der Waals surface area (Å²) in [5.74, 6) is 0.565. The van der Waals surface area contributed by atoms with Gasteiger partial charge in [0.05, 0.1) is 13.0 Å². The number of benzene rings is 2. The van der Waals surface area contributed by atoms with Gasteiger partial charge < -0.3 is 15.0 Å². The van der Waals surface area contributed by atoms with Crippen LogP contribution in [0.25, 0.3) is 0 Å². The van der Waals surface area contributed by atoms with Crippen molar-refractivity contribution in [3.8, 4) is 5.75 Å². The molecule has 1 atom stereocenters. The van der Waals surface area contributed by atoms with E-state index in [0.717, 1.165) is 23.3 Å². The van der Waals surface area contributed by atoms with Gasteiger partial charge in [0.25, 0.3) is 0 Å². The second-order valence-electron chi connectivity index (χ2n) is 7.04. The van der Waals surface area contributed by atoms with Crippen LogP contribution in [0.5, 0.6) is 5.75 Å². The number of amides is 2. The summed E-state index contributed by atoms with van der Waals surface area (Å²) in [5, 5.41) is 2.96. The van der Waals surface area contributed by atoms with Crippen LogP contribution in [0.2, 0.25) is 0 Å². The van der Waals surface area contributed by atoms with Gasteiger partial charge in [-0.15, -0.1) is 0 Å². The van der Waals surface area contributed by atoms with Crippen molar-refractivity contribution >= 4 is 11.8 Å². The Hall–Kier alpha value is -2.82. The maximum atomic E-state index is 12.4. The van der Waals surface area contributed by atoms with Crippen molar-refractivity contribution in [1.29, 1.82) is 0 Å². The van der Waals surface area contributed by atoms with Crippen LogP contribution in [-0.2, 0) is 22.6 Å². The van der Waals surface area contributed by atoms with E-state index in [1.165, 1.54) is 5.56 Å². The molecule has 1 aliphatic rings. The second-order valence-corrected chi connectivity index (χ2v) is 7.04. The molecule has 1 unspecified atom stereocenters. The average molecular weight is 366 g/mol. The van der Waals surface area contributed by atoms with Gasteiger partial charge in [0.15, 0.2) is 0 Å². The summed E-state index contributed by atoms with van der Waals surface area (Å²) in [6, 6.07) is 15.9. The van der Waals surface area contributed by atoms with Crippen molar-refractivity contribution in [2.24, 2.45) is 5.92 Å². The minimum absolute atomic E-state index is 0.0455. The fourth-order valence-electron chi connectivity index (χ4n) is 3.26. The first-order valence-corrected chi connectivity index (χ1v) is 9.29. The van der Waals surface area contributed by atoms with Gasteiger partial charge in [0, 0.05) is 26.1 Å². The summed E-state index contributed by atoms with van der Waals surface area (Å²) in [5.41, 5.74) is 3.41. The zero-order valence-electron chi connectivity index (χ0n) is 15.9. The predicted octanol–water partition coefficient (Wildman–Crippen LogP) is 2.71. The molecule has 1 saturated heterocycles. The fraction of sp³-hybridized carbons (Fsp3) is 0.364. The van der Waals surface area contributed by atoms with Gasteiger partial charge in [0.1, 0.15) is 5.75 Å². The van der Waals surface area contributed by atoms with E-state index in [1.807, 2.05) is 55.5 Å². The molecule has 0 aromatic heterocycles. The van der Waals surface area contributed by atoms with Crippen LogP contribution in [0.15, 0.2) is 48.5 Å². The summed E-state index contributed by atoms with van der Waals surface area (Å²) in [4.78, 5) is 26.5. The van der Waals surface area contributed by atoms with Crippen LogP contribution < -0.4 is 10.1 Å². The Bertz CT molecular complexity index is 784. The molecule has 142 valence electrons. The van der Waals surface area contributed by atoms with E-state index in [-0.39, 0.29) is 17.7 Å². The average Bonchev–Trinajstić information content (AvgIpc) is 3.07. The van der Waals surface area contributed by atoms with E-state index >= 15 is 0 Å². The van der Waals surface area contributed by atoms with Crippen molar-refractivity contribution in [3.63, 3.8) is 0 Å². The lowest BCUT2D eigenvalue weighted by Gasteiger charge is -2.16. The highest BCUT2D eigenvalue weighted by atomic mass is 16.5. The van der Waals surface area contributed by atoms with Crippen molar-refractivity contribution in [2.75, 3.05) is 20.2 Å². The molecule has 2 aromatic rings. The van der Waals surface area contributed by atoms with Crippen LogP contribution in [0.4, 0.5) is 0 Å². The van der Waals surface area contributed by atoms with Crippen LogP contribution in [0, 0.1) is 12.8 Å². The van der Waals surface area contributed by atoms with Crippen LogP contribution in [0.1, 0.15) is 23.1 Å². The number of nitrogens with one attached hydrogen (secondary N) is 1. The number of likely N-dealkylation sites (tertiary alicyclic amines) is 1. The van der Waals surface area contributed by atoms with Gasteiger partial charge in [-0.1, -0.05) is 42.0 Å². The molecule has 1 heterocycles. The Labute approximate surface area is 160 Å². The van der Waals surface area contributed by atoms with Gasteiger partial charge in [-0.2, -0.15) is 0 Å². The van der Waals surface area contributed by atoms with Gasteiger partial charge in [-0.05, 0) is 36.6 Å².